The van der Waals surface area contributed by atoms with E-state index in [1.54, 1.807) is 51.9 Å². The highest BCUT2D eigenvalue weighted by molar-refractivity contribution is 5.65. The highest BCUT2D eigenvalue weighted by atomic mass is 19.4. The number of methoxy groups -OCH3 is 1. The van der Waals surface area contributed by atoms with Crippen molar-refractivity contribution in [3.05, 3.63) is 89.0 Å². The number of ether oxygens (including phenoxy) is 4. The number of alkyl halides is 5. The van der Waals surface area contributed by atoms with Crippen molar-refractivity contribution in [3.8, 4) is 34.4 Å². The number of fused-ring (bicyclic) bond motifs is 1. The monoisotopic (exact) mass is 635 g/mol. The third-order valence-electron chi connectivity index (χ3n) is 7.26. The number of aromatic nitrogens is 2. The lowest BCUT2D eigenvalue weighted by molar-refractivity contribution is -0.141. The van der Waals surface area contributed by atoms with Gasteiger partial charge in [0.2, 0.25) is 6.79 Å². The zero-order valence-electron chi connectivity index (χ0n) is 24.5. The Morgan fingerprint density at radius 2 is 1.64 bits per heavy atom. The second-order valence-corrected chi connectivity index (χ2v) is 10.4. The van der Waals surface area contributed by atoms with Gasteiger partial charge in [0.15, 0.2) is 28.8 Å². The van der Waals surface area contributed by atoms with Crippen LogP contribution >= 0.6 is 0 Å². The fraction of sp³-hybridized carbons (Fsp3) is 0.344. The van der Waals surface area contributed by atoms with E-state index in [1.165, 1.54) is 13.2 Å². The molecule has 0 aliphatic carbocycles. The molecule has 1 aliphatic rings. The molecule has 240 valence electrons. The van der Waals surface area contributed by atoms with E-state index >= 15 is 0 Å². The Morgan fingerprint density at radius 1 is 0.933 bits per heavy atom. The van der Waals surface area contributed by atoms with Gasteiger partial charge in [0.05, 0.1) is 18.4 Å². The Hall–Kier alpha value is -4.39. The van der Waals surface area contributed by atoms with Crippen molar-refractivity contribution in [2.24, 2.45) is 0 Å². The largest absolute Gasteiger partial charge is 0.496 e. The van der Waals surface area contributed by atoms with E-state index in [9.17, 15) is 26.3 Å². The number of hydrogen-bond acceptors (Lipinski definition) is 6. The van der Waals surface area contributed by atoms with Crippen LogP contribution in [-0.2, 0) is 32.4 Å². The Morgan fingerprint density at radius 3 is 2.33 bits per heavy atom. The minimum atomic E-state index is -4.78. The van der Waals surface area contributed by atoms with Crippen LogP contribution in [0.5, 0.6) is 23.0 Å². The predicted molar refractivity (Wildman–Crippen MR) is 153 cm³/mol. The summed E-state index contributed by atoms with van der Waals surface area (Å²) in [6, 6.07) is 15.4. The molecule has 13 heteroatoms. The molecule has 7 nitrogen and oxygen atoms in total. The van der Waals surface area contributed by atoms with Crippen molar-refractivity contribution in [2.75, 3.05) is 13.9 Å². The lowest BCUT2D eigenvalue weighted by Gasteiger charge is -2.25. The second kappa shape index (κ2) is 13.7. The molecule has 0 bridgehead atoms. The average Bonchev–Trinajstić information content (AvgIpc) is 3.61. The van der Waals surface area contributed by atoms with Gasteiger partial charge in [-0.3, -0.25) is 4.90 Å². The maximum atomic E-state index is 14.7. The summed E-state index contributed by atoms with van der Waals surface area (Å²) in [6.45, 7) is -1.10. The van der Waals surface area contributed by atoms with Gasteiger partial charge in [-0.25, -0.2) is 9.37 Å². The van der Waals surface area contributed by atoms with Crippen molar-refractivity contribution in [2.45, 2.75) is 58.7 Å². The van der Waals surface area contributed by atoms with Gasteiger partial charge in [0, 0.05) is 26.2 Å². The van der Waals surface area contributed by atoms with E-state index in [4.69, 9.17) is 14.2 Å². The predicted octanol–water partition coefficient (Wildman–Crippen LogP) is 8.05. The highest BCUT2D eigenvalue weighted by Crippen LogP contribution is 2.39. The standard InChI is InChI=1S/C32H31F6N3O4/c1-3-4-13-41-24(29(32(36,37)38)39-30(41)22-7-5-6-8-25(22)42-2)18-40(17-21-10-12-27-28(15-21)44-19-43-27)16-20-9-11-26(23(33)14-20)45-31(34)35/h5-12,14-15,31H,3-4,13,16-19H2,1-2H3. The Kier molecular flexibility index (Phi) is 9.76. The van der Waals surface area contributed by atoms with Crippen molar-refractivity contribution >= 4 is 0 Å². The number of benzene rings is 3. The lowest BCUT2D eigenvalue weighted by atomic mass is 10.1. The average molecular weight is 636 g/mol. The van der Waals surface area contributed by atoms with Crippen molar-refractivity contribution in [3.63, 3.8) is 0 Å². The molecular formula is C32H31F6N3O4. The molecule has 4 aromatic rings. The van der Waals surface area contributed by atoms with Crippen LogP contribution in [0.3, 0.4) is 0 Å². The van der Waals surface area contributed by atoms with Gasteiger partial charge in [-0.1, -0.05) is 37.6 Å². The molecule has 0 N–H and O–H groups in total. The highest BCUT2D eigenvalue weighted by Gasteiger charge is 2.40. The summed E-state index contributed by atoms with van der Waals surface area (Å²) in [5.74, 6) is -0.118. The van der Waals surface area contributed by atoms with Gasteiger partial charge in [-0.2, -0.15) is 22.0 Å². The summed E-state index contributed by atoms with van der Waals surface area (Å²) in [4.78, 5) is 5.82. The number of rotatable bonds is 13. The van der Waals surface area contributed by atoms with E-state index in [2.05, 4.69) is 9.72 Å². The summed E-state index contributed by atoms with van der Waals surface area (Å²) in [5, 5.41) is 0. The number of nitrogens with zero attached hydrogens (tertiary/aromatic N) is 3. The van der Waals surface area contributed by atoms with Gasteiger partial charge in [-0.05, 0) is 53.9 Å². The van der Waals surface area contributed by atoms with Crippen LogP contribution in [-0.4, -0.2) is 35.0 Å². The third kappa shape index (κ3) is 7.47. The minimum Gasteiger partial charge on any atom is -0.496 e. The van der Waals surface area contributed by atoms with E-state index < -0.39 is 30.0 Å². The normalized spacial score (nSPS) is 12.8. The van der Waals surface area contributed by atoms with Crippen LogP contribution in [0.2, 0.25) is 0 Å². The molecule has 5 rings (SSSR count). The lowest BCUT2D eigenvalue weighted by Crippen LogP contribution is -2.26. The maximum Gasteiger partial charge on any atom is 0.435 e. The first kappa shape index (κ1) is 32.0. The molecule has 0 atom stereocenters. The number of unbranched alkanes of at least 4 members (excludes halogenated alkanes) is 1. The van der Waals surface area contributed by atoms with Gasteiger partial charge in [-0.15, -0.1) is 0 Å². The first-order valence-electron chi connectivity index (χ1n) is 14.2. The molecule has 0 saturated heterocycles. The minimum absolute atomic E-state index is 0.0272. The van der Waals surface area contributed by atoms with E-state index in [0.29, 0.717) is 40.4 Å². The first-order chi connectivity index (χ1) is 21.6. The molecule has 0 amide bonds. The molecule has 0 unspecified atom stereocenters. The quantitative estimate of drug-likeness (QED) is 0.139. The van der Waals surface area contributed by atoms with Crippen LogP contribution in [0.4, 0.5) is 26.3 Å². The summed E-state index contributed by atoms with van der Waals surface area (Å²) >= 11 is 0. The van der Waals surface area contributed by atoms with Gasteiger partial charge in [0.25, 0.3) is 0 Å². The molecule has 1 aromatic heterocycles. The smallest absolute Gasteiger partial charge is 0.435 e. The summed E-state index contributed by atoms with van der Waals surface area (Å²) in [6.07, 6.45) is -3.48. The fourth-order valence-corrected chi connectivity index (χ4v) is 5.24. The third-order valence-corrected chi connectivity index (χ3v) is 7.26. The second-order valence-electron chi connectivity index (χ2n) is 10.4. The van der Waals surface area contributed by atoms with E-state index in [0.717, 1.165) is 18.6 Å². The molecule has 1 aliphatic heterocycles. The molecular weight excluding hydrogens is 604 g/mol. The van der Waals surface area contributed by atoms with Crippen LogP contribution < -0.4 is 18.9 Å². The van der Waals surface area contributed by atoms with Crippen LogP contribution in [0, 0.1) is 5.82 Å². The van der Waals surface area contributed by atoms with Crippen LogP contribution in [0.1, 0.15) is 42.3 Å². The molecule has 0 fully saturated rings. The Labute approximate surface area is 255 Å². The zero-order chi connectivity index (χ0) is 32.1. The molecule has 3 aromatic carbocycles. The van der Waals surface area contributed by atoms with Crippen LogP contribution in [0.15, 0.2) is 60.7 Å². The van der Waals surface area contributed by atoms with E-state index in [-0.39, 0.29) is 44.5 Å². The van der Waals surface area contributed by atoms with Crippen LogP contribution in [0.25, 0.3) is 11.4 Å². The number of halogens is 6. The topological polar surface area (TPSA) is 58.0 Å². The van der Waals surface area contributed by atoms with Gasteiger partial charge >= 0.3 is 12.8 Å². The summed E-state index contributed by atoms with van der Waals surface area (Å²) in [5.41, 5.74) is 0.341. The molecule has 0 saturated carbocycles. The summed E-state index contributed by atoms with van der Waals surface area (Å²) < 4.78 is 106. The number of para-hydroxylation sites is 1. The summed E-state index contributed by atoms with van der Waals surface area (Å²) in [7, 11) is 1.44. The van der Waals surface area contributed by atoms with Gasteiger partial charge in [0.1, 0.15) is 11.6 Å². The Bertz CT molecular complexity index is 1630. The van der Waals surface area contributed by atoms with Crippen molar-refractivity contribution in [1.82, 2.24) is 14.5 Å². The van der Waals surface area contributed by atoms with E-state index in [1.807, 2.05) is 6.92 Å². The molecule has 0 spiro atoms. The molecule has 0 radical (unpaired) electrons. The Balaban J connectivity index is 1.58. The fourth-order valence-electron chi connectivity index (χ4n) is 5.24. The number of imidazole rings is 1. The van der Waals surface area contributed by atoms with Crippen molar-refractivity contribution in [1.29, 1.82) is 0 Å². The molecule has 2 heterocycles. The number of hydrogen-bond donors (Lipinski definition) is 0. The first-order valence-corrected chi connectivity index (χ1v) is 14.2. The van der Waals surface area contributed by atoms with Crippen molar-refractivity contribution < 1.29 is 45.3 Å². The zero-order valence-corrected chi connectivity index (χ0v) is 24.5. The van der Waals surface area contributed by atoms with Gasteiger partial charge < -0.3 is 23.5 Å². The molecule has 45 heavy (non-hydrogen) atoms. The SMILES string of the molecule is CCCCn1c(-c2ccccc2OC)nc(C(F)(F)F)c1CN(Cc1ccc(OC(F)F)c(F)c1)Cc1ccc2c(c1)OCO2. The maximum absolute atomic E-state index is 14.7.